The number of carbonyl (C=O) groups excluding carboxylic acids is 1. The third-order valence-corrected chi connectivity index (χ3v) is 3.75. The minimum Gasteiger partial charge on any atom is -0.482 e. The number of carboxylic acids is 1. The molecule has 1 fully saturated rings. The molecule has 1 saturated heterocycles. The van der Waals surface area contributed by atoms with E-state index in [1.165, 1.54) is 0 Å². The van der Waals surface area contributed by atoms with Crippen molar-refractivity contribution in [3.8, 4) is 5.75 Å². The van der Waals surface area contributed by atoms with Crippen LogP contribution < -0.4 is 4.74 Å². The van der Waals surface area contributed by atoms with Gasteiger partial charge in [0.1, 0.15) is 5.75 Å². The third kappa shape index (κ3) is 4.46. The van der Waals surface area contributed by atoms with Gasteiger partial charge in [-0.3, -0.25) is 4.79 Å². The molecule has 0 bridgehead atoms. The number of rotatable bonds is 7. The standard InChI is InChI=1S/C16H22N2O4/c1-17(8-12-7-15(19)18(2)9-12)10-13-5-3-4-6-14(13)22-11-16(20)21/h3-6,12H,7-11H2,1-2H3,(H,20,21)/t12-/m0/s1. The maximum absolute atomic E-state index is 11.6. The Bertz CT molecular complexity index is 547. The molecule has 6 nitrogen and oxygen atoms in total. The van der Waals surface area contributed by atoms with E-state index < -0.39 is 5.97 Å². The molecule has 0 spiro atoms. The molecule has 120 valence electrons. The zero-order valence-corrected chi connectivity index (χ0v) is 13.0. The molecule has 1 heterocycles. The second kappa shape index (κ2) is 7.26. The summed E-state index contributed by atoms with van der Waals surface area (Å²) in [5.41, 5.74) is 0.948. The Hall–Kier alpha value is -2.08. The lowest BCUT2D eigenvalue weighted by atomic mass is 10.1. The second-order valence-corrected chi connectivity index (χ2v) is 5.83. The van der Waals surface area contributed by atoms with Crippen LogP contribution in [0, 0.1) is 5.92 Å². The number of benzene rings is 1. The van der Waals surface area contributed by atoms with E-state index in [-0.39, 0.29) is 12.5 Å². The van der Waals surface area contributed by atoms with Crippen molar-refractivity contribution >= 4 is 11.9 Å². The van der Waals surface area contributed by atoms with Crippen molar-refractivity contribution in [3.05, 3.63) is 29.8 Å². The predicted molar refractivity (Wildman–Crippen MR) is 81.7 cm³/mol. The highest BCUT2D eigenvalue weighted by molar-refractivity contribution is 5.78. The Morgan fingerprint density at radius 1 is 1.45 bits per heavy atom. The fourth-order valence-electron chi connectivity index (χ4n) is 2.79. The highest BCUT2D eigenvalue weighted by Crippen LogP contribution is 2.22. The van der Waals surface area contributed by atoms with Gasteiger partial charge < -0.3 is 19.6 Å². The first-order valence-corrected chi connectivity index (χ1v) is 7.30. The quantitative estimate of drug-likeness (QED) is 0.816. The topological polar surface area (TPSA) is 70.1 Å². The van der Waals surface area contributed by atoms with E-state index in [2.05, 4.69) is 4.90 Å². The van der Waals surface area contributed by atoms with Crippen LogP contribution in [-0.4, -0.2) is 60.6 Å². The molecule has 2 rings (SSSR count). The normalized spacial score (nSPS) is 18.0. The van der Waals surface area contributed by atoms with Crippen LogP contribution in [0.25, 0.3) is 0 Å². The molecule has 1 aliphatic rings. The Balaban J connectivity index is 1.92. The van der Waals surface area contributed by atoms with E-state index in [0.717, 1.165) is 18.7 Å². The largest absolute Gasteiger partial charge is 0.482 e. The van der Waals surface area contributed by atoms with Crippen molar-refractivity contribution in [2.45, 2.75) is 13.0 Å². The number of carboxylic acid groups (broad SMARTS) is 1. The fourth-order valence-corrected chi connectivity index (χ4v) is 2.79. The average Bonchev–Trinajstić information content (AvgIpc) is 2.76. The van der Waals surface area contributed by atoms with Gasteiger partial charge in [0.15, 0.2) is 6.61 Å². The van der Waals surface area contributed by atoms with Gasteiger partial charge >= 0.3 is 5.97 Å². The average molecular weight is 306 g/mol. The third-order valence-electron chi connectivity index (χ3n) is 3.75. The summed E-state index contributed by atoms with van der Waals surface area (Å²) < 4.78 is 5.31. The summed E-state index contributed by atoms with van der Waals surface area (Å²) in [6.45, 7) is 1.93. The lowest BCUT2D eigenvalue weighted by Crippen LogP contribution is -2.27. The number of aliphatic carboxylic acids is 1. The maximum atomic E-state index is 11.6. The van der Waals surface area contributed by atoms with Crippen LogP contribution in [0.2, 0.25) is 0 Å². The van der Waals surface area contributed by atoms with Crippen molar-refractivity contribution < 1.29 is 19.4 Å². The van der Waals surface area contributed by atoms with Gasteiger partial charge in [0.05, 0.1) is 0 Å². The molecule has 0 unspecified atom stereocenters. The summed E-state index contributed by atoms with van der Waals surface area (Å²) in [5, 5.41) is 8.71. The molecule has 1 atom stereocenters. The van der Waals surface area contributed by atoms with Gasteiger partial charge in [-0.1, -0.05) is 18.2 Å². The van der Waals surface area contributed by atoms with Gasteiger partial charge in [-0.15, -0.1) is 0 Å². The SMILES string of the molecule is CN(Cc1ccccc1OCC(=O)O)C[C@@H]1CC(=O)N(C)C1. The molecule has 1 aromatic carbocycles. The van der Waals surface area contributed by atoms with Gasteiger partial charge in [-0.05, 0) is 19.0 Å². The predicted octanol–water partition coefficient (Wildman–Crippen LogP) is 1.06. The van der Waals surface area contributed by atoms with Crippen LogP contribution in [-0.2, 0) is 16.1 Å². The van der Waals surface area contributed by atoms with Crippen LogP contribution in [0.3, 0.4) is 0 Å². The zero-order chi connectivity index (χ0) is 16.1. The van der Waals surface area contributed by atoms with Gasteiger partial charge in [0.2, 0.25) is 5.91 Å². The zero-order valence-electron chi connectivity index (χ0n) is 13.0. The molecule has 1 aliphatic heterocycles. The number of amides is 1. The summed E-state index contributed by atoms with van der Waals surface area (Å²) in [6.07, 6.45) is 0.595. The van der Waals surface area contributed by atoms with Crippen molar-refractivity contribution in [1.29, 1.82) is 0 Å². The molecule has 0 radical (unpaired) electrons. The van der Waals surface area contributed by atoms with E-state index in [9.17, 15) is 9.59 Å². The lowest BCUT2D eigenvalue weighted by Gasteiger charge is -2.21. The van der Waals surface area contributed by atoms with E-state index in [1.807, 2.05) is 32.3 Å². The Kier molecular flexibility index (Phi) is 5.38. The van der Waals surface area contributed by atoms with E-state index >= 15 is 0 Å². The Morgan fingerprint density at radius 2 is 2.18 bits per heavy atom. The first-order valence-electron chi connectivity index (χ1n) is 7.30. The Labute approximate surface area is 130 Å². The molecule has 22 heavy (non-hydrogen) atoms. The highest BCUT2D eigenvalue weighted by atomic mass is 16.5. The molecule has 1 N–H and O–H groups in total. The van der Waals surface area contributed by atoms with Crippen LogP contribution in [0.4, 0.5) is 0 Å². The van der Waals surface area contributed by atoms with Crippen molar-refractivity contribution in [3.63, 3.8) is 0 Å². The number of ether oxygens (including phenoxy) is 1. The summed E-state index contributed by atoms with van der Waals surface area (Å²) in [6, 6.07) is 7.44. The van der Waals surface area contributed by atoms with Gasteiger partial charge in [0.25, 0.3) is 0 Å². The van der Waals surface area contributed by atoms with Crippen LogP contribution >= 0.6 is 0 Å². The number of hydrogen-bond acceptors (Lipinski definition) is 4. The minimum absolute atomic E-state index is 0.198. The molecular weight excluding hydrogens is 284 g/mol. The van der Waals surface area contributed by atoms with Crippen LogP contribution in [0.1, 0.15) is 12.0 Å². The van der Waals surface area contributed by atoms with Gasteiger partial charge in [-0.25, -0.2) is 4.79 Å². The molecular formula is C16H22N2O4. The molecule has 1 amide bonds. The van der Waals surface area contributed by atoms with Crippen molar-refractivity contribution in [1.82, 2.24) is 9.80 Å². The number of para-hydroxylation sites is 1. The first-order chi connectivity index (χ1) is 10.5. The summed E-state index contributed by atoms with van der Waals surface area (Å²) in [5.74, 6) is 0.144. The van der Waals surface area contributed by atoms with Gasteiger partial charge in [0, 0.05) is 38.7 Å². The van der Waals surface area contributed by atoms with E-state index in [0.29, 0.717) is 24.6 Å². The van der Waals surface area contributed by atoms with E-state index in [1.54, 1.807) is 11.0 Å². The molecule has 0 saturated carbocycles. The number of likely N-dealkylation sites (tertiary alicyclic amines) is 1. The smallest absolute Gasteiger partial charge is 0.341 e. The first kappa shape index (κ1) is 16.3. The minimum atomic E-state index is -0.990. The molecule has 0 aliphatic carbocycles. The summed E-state index contributed by atoms with van der Waals surface area (Å²) in [7, 11) is 3.83. The molecule has 1 aromatic rings. The molecule has 0 aromatic heterocycles. The van der Waals surface area contributed by atoms with Gasteiger partial charge in [-0.2, -0.15) is 0 Å². The highest BCUT2D eigenvalue weighted by Gasteiger charge is 2.27. The number of nitrogens with zero attached hydrogens (tertiary/aromatic N) is 2. The van der Waals surface area contributed by atoms with Crippen molar-refractivity contribution in [2.24, 2.45) is 5.92 Å². The fraction of sp³-hybridized carbons (Fsp3) is 0.500. The van der Waals surface area contributed by atoms with Crippen LogP contribution in [0.5, 0.6) is 5.75 Å². The molecule has 6 heteroatoms. The monoisotopic (exact) mass is 306 g/mol. The number of hydrogen-bond donors (Lipinski definition) is 1. The van der Waals surface area contributed by atoms with Crippen molar-refractivity contribution in [2.75, 3.05) is 33.8 Å². The second-order valence-electron chi connectivity index (χ2n) is 5.83. The van der Waals surface area contributed by atoms with E-state index in [4.69, 9.17) is 9.84 Å². The lowest BCUT2D eigenvalue weighted by molar-refractivity contribution is -0.139. The summed E-state index contributed by atoms with van der Waals surface area (Å²) in [4.78, 5) is 26.1. The Morgan fingerprint density at radius 3 is 2.82 bits per heavy atom. The van der Waals surface area contributed by atoms with Crippen LogP contribution in [0.15, 0.2) is 24.3 Å². The summed E-state index contributed by atoms with van der Waals surface area (Å²) >= 11 is 0. The maximum Gasteiger partial charge on any atom is 0.341 e. The number of carbonyl (C=O) groups is 2.